The third kappa shape index (κ3) is 2.97. The van der Waals surface area contributed by atoms with E-state index in [9.17, 15) is 0 Å². The lowest BCUT2D eigenvalue weighted by molar-refractivity contribution is 0.578. The molecule has 3 heterocycles. The molecule has 0 radical (unpaired) electrons. The summed E-state index contributed by atoms with van der Waals surface area (Å²) < 4.78 is 2.24. The maximum absolute atomic E-state index is 4.87. The Morgan fingerprint density at radius 1 is 1.35 bits per heavy atom. The van der Waals surface area contributed by atoms with Crippen LogP contribution >= 0.6 is 23.1 Å². The summed E-state index contributed by atoms with van der Waals surface area (Å²) in [7, 11) is 0. The lowest BCUT2D eigenvalue weighted by atomic mass is 10.3. The smallest absolute Gasteiger partial charge is 0.195 e. The van der Waals surface area contributed by atoms with Crippen LogP contribution in [-0.2, 0) is 6.54 Å². The molecule has 1 aliphatic heterocycles. The molecule has 4 nitrogen and oxygen atoms in total. The fourth-order valence-corrected chi connectivity index (χ4v) is 4.11. The van der Waals surface area contributed by atoms with Gasteiger partial charge in [-0.05, 0) is 12.2 Å². The van der Waals surface area contributed by atoms with Crippen molar-refractivity contribution < 1.29 is 0 Å². The summed E-state index contributed by atoms with van der Waals surface area (Å²) >= 11 is 3.78. The van der Waals surface area contributed by atoms with Crippen LogP contribution in [-0.4, -0.2) is 40.0 Å². The lowest BCUT2D eigenvalue weighted by Gasteiger charge is -2.21. The molecular formula is C14H22N4S2. The summed E-state index contributed by atoms with van der Waals surface area (Å²) in [5, 5.41) is 5.65. The van der Waals surface area contributed by atoms with E-state index in [4.69, 9.17) is 4.98 Å². The molecule has 1 fully saturated rings. The first-order chi connectivity index (χ1) is 9.75. The Bertz CT molecular complexity index is 553. The minimum Gasteiger partial charge on any atom is -0.354 e. The molecule has 2 aromatic rings. The van der Waals surface area contributed by atoms with E-state index >= 15 is 0 Å². The molecule has 0 bridgehead atoms. The van der Waals surface area contributed by atoms with Crippen molar-refractivity contribution in [1.82, 2.24) is 14.7 Å². The second kappa shape index (κ2) is 6.37. The Kier molecular flexibility index (Phi) is 4.53. The van der Waals surface area contributed by atoms with Gasteiger partial charge >= 0.3 is 0 Å². The molecular weight excluding hydrogens is 288 g/mol. The molecule has 20 heavy (non-hydrogen) atoms. The van der Waals surface area contributed by atoms with Crippen LogP contribution in [0.15, 0.2) is 11.6 Å². The zero-order chi connectivity index (χ0) is 13.9. The van der Waals surface area contributed by atoms with E-state index in [0.717, 1.165) is 24.6 Å². The molecule has 2 aromatic heterocycles. The maximum Gasteiger partial charge on any atom is 0.195 e. The van der Waals surface area contributed by atoms with Gasteiger partial charge in [-0.1, -0.05) is 13.8 Å². The second-order valence-corrected chi connectivity index (χ2v) is 7.52. The van der Waals surface area contributed by atoms with Crippen molar-refractivity contribution in [2.45, 2.75) is 32.9 Å². The van der Waals surface area contributed by atoms with E-state index in [1.165, 1.54) is 29.4 Å². The fourth-order valence-electron chi connectivity index (χ4n) is 2.50. The van der Waals surface area contributed by atoms with Gasteiger partial charge in [0.05, 0.1) is 5.69 Å². The summed E-state index contributed by atoms with van der Waals surface area (Å²) in [6.07, 6.45) is 3.40. The first-order valence-electron chi connectivity index (χ1n) is 7.26. The number of thioether (sulfide) groups is 1. The fraction of sp³-hybridized carbons (Fsp3) is 0.643. The van der Waals surface area contributed by atoms with Gasteiger partial charge in [0.15, 0.2) is 10.8 Å². The predicted molar refractivity (Wildman–Crippen MR) is 89.2 cm³/mol. The van der Waals surface area contributed by atoms with Crippen molar-refractivity contribution in [3.8, 4) is 0 Å². The van der Waals surface area contributed by atoms with Gasteiger partial charge in [-0.15, -0.1) is 11.3 Å². The van der Waals surface area contributed by atoms with Crippen molar-refractivity contribution in [2.75, 3.05) is 29.5 Å². The summed E-state index contributed by atoms with van der Waals surface area (Å²) in [5.74, 6) is 3.67. The summed E-state index contributed by atoms with van der Waals surface area (Å²) in [4.78, 5) is 8.45. The quantitative estimate of drug-likeness (QED) is 0.941. The topological polar surface area (TPSA) is 32.6 Å². The highest BCUT2D eigenvalue weighted by Gasteiger charge is 2.20. The Hall–Kier alpha value is -0.720. The lowest BCUT2D eigenvalue weighted by Crippen LogP contribution is -2.29. The average molecular weight is 310 g/mol. The second-order valence-electron chi connectivity index (χ2n) is 5.43. The van der Waals surface area contributed by atoms with Gasteiger partial charge in [-0.25, -0.2) is 4.98 Å². The number of nitrogens with zero attached hydrogens (tertiary/aromatic N) is 3. The number of nitrogens with one attached hydrogen (secondary N) is 1. The van der Waals surface area contributed by atoms with Gasteiger partial charge in [0, 0.05) is 43.0 Å². The maximum atomic E-state index is 4.87. The van der Waals surface area contributed by atoms with E-state index in [0.29, 0.717) is 6.04 Å². The molecule has 0 spiro atoms. The molecule has 1 N–H and O–H groups in total. The predicted octanol–water partition coefficient (Wildman–Crippen LogP) is 2.84. The van der Waals surface area contributed by atoms with Gasteiger partial charge in [-0.2, -0.15) is 11.8 Å². The van der Waals surface area contributed by atoms with Crippen LogP contribution < -0.4 is 10.2 Å². The number of anilines is 1. The zero-order valence-electron chi connectivity index (χ0n) is 12.1. The highest BCUT2D eigenvalue weighted by Crippen LogP contribution is 2.26. The molecule has 6 heteroatoms. The first-order valence-corrected chi connectivity index (χ1v) is 9.29. The minimum atomic E-state index is 0.492. The normalized spacial score (nSPS) is 17.1. The van der Waals surface area contributed by atoms with Crippen LogP contribution in [0.1, 0.15) is 26.0 Å². The highest BCUT2D eigenvalue weighted by molar-refractivity contribution is 7.99. The molecule has 0 saturated carbocycles. The largest absolute Gasteiger partial charge is 0.354 e. The number of imidazole rings is 1. The monoisotopic (exact) mass is 310 g/mol. The van der Waals surface area contributed by atoms with Crippen LogP contribution in [0.5, 0.6) is 0 Å². The number of hydrogen-bond donors (Lipinski definition) is 1. The third-order valence-electron chi connectivity index (χ3n) is 3.54. The molecule has 0 aliphatic carbocycles. The average Bonchev–Trinajstić information content (AvgIpc) is 2.88. The molecule has 1 saturated heterocycles. The Morgan fingerprint density at radius 3 is 3.10 bits per heavy atom. The van der Waals surface area contributed by atoms with Gasteiger partial charge in [0.2, 0.25) is 0 Å². The van der Waals surface area contributed by atoms with Gasteiger partial charge < -0.3 is 10.2 Å². The van der Waals surface area contributed by atoms with Crippen LogP contribution in [0.3, 0.4) is 0 Å². The standard InChI is InChI=1S/C14H22N4S2/c1-11(2)15-10-12-13(16-14-18(12)6-9-20-14)17-4-3-7-19-8-5-17/h6,9,11,15H,3-5,7-8,10H2,1-2H3. The molecule has 3 rings (SSSR count). The molecule has 1 aliphatic rings. The van der Waals surface area contributed by atoms with Crippen LogP contribution in [0.25, 0.3) is 4.96 Å². The van der Waals surface area contributed by atoms with E-state index < -0.39 is 0 Å². The van der Waals surface area contributed by atoms with Crippen molar-refractivity contribution >= 4 is 33.9 Å². The zero-order valence-corrected chi connectivity index (χ0v) is 13.8. The minimum absolute atomic E-state index is 0.492. The number of thiazole rings is 1. The molecule has 0 amide bonds. The van der Waals surface area contributed by atoms with E-state index in [1.54, 1.807) is 11.3 Å². The Labute approximate surface area is 128 Å². The van der Waals surface area contributed by atoms with Crippen LogP contribution in [0, 0.1) is 0 Å². The number of fused-ring (bicyclic) bond motifs is 1. The van der Waals surface area contributed by atoms with Crippen molar-refractivity contribution in [2.24, 2.45) is 0 Å². The highest BCUT2D eigenvalue weighted by atomic mass is 32.2. The first kappa shape index (κ1) is 14.2. The summed E-state index contributed by atoms with van der Waals surface area (Å²) in [6, 6.07) is 0.492. The van der Waals surface area contributed by atoms with Crippen LogP contribution in [0.2, 0.25) is 0 Å². The molecule has 0 aromatic carbocycles. The Balaban J connectivity index is 1.91. The van der Waals surface area contributed by atoms with E-state index in [-0.39, 0.29) is 0 Å². The summed E-state index contributed by atoms with van der Waals surface area (Å²) in [5.41, 5.74) is 1.31. The SMILES string of the molecule is CC(C)NCc1c(N2CCCSCC2)nc2sccn12. The molecule has 110 valence electrons. The van der Waals surface area contributed by atoms with Crippen molar-refractivity contribution in [1.29, 1.82) is 0 Å². The van der Waals surface area contributed by atoms with Gasteiger partial charge in [0.25, 0.3) is 0 Å². The molecule has 0 unspecified atom stereocenters. The van der Waals surface area contributed by atoms with Crippen molar-refractivity contribution in [3.63, 3.8) is 0 Å². The van der Waals surface area contributed by atoms with Crippen LogP contribution in [0.4, 0.5) is 5.82 Å². The molecule has 0 atom stereocenters. The summed E-state index contributed by atoms with van der Waals surface area (Å²) in [6.45, 7) is 7.51. The van der Waals surface area contributed by atoms with E-state index in [1.807, 2.05) is 0 Å². The third-order valence-corrected chi connectivity index (χ3v) is 5.34. The number of rotatable bonds is 4. The number of aromatic nitrogens is 2. The van der Waals surface area contributed by atoms with Gasteiger partial charge in [0.1, 0.15) is 0 Å². The van der Waals surface area contributed by atoms with Crippen molar-refractivity contribution in [3.05, 3.63) is 17.3 Å². The Morgan fingerprint density at radius 2 is 2.25 bits per heavy atom. The number of hydrogen-bond acceptors (Lipinski definition) is 5. The van der Waals surface area contributed by atoms with Gasteiger partial charge in [-0.3, -0.25) is 4.40 Å². The van der Waals surface area contributed by atoms with E-state index in [2.05, 4.69) is 51.8 Å².